The van der Waals surface area contributed by atoms with Gasteiger partial charge in [-0.25, -0.2) is 4.79 Å². The lowest BCUT2D eigenvalue weighted by Crippen LogP contribution is -2.38. The Kier molecular flexibility index (Phi) is 4.73. The Bertz CT molecular complexity index is 485. The van der Waals surface area contributed by atoms with Crippen LogP contribution in [0.15, 0.2) is 10.6 Å². The van der Waals surface area contributed by atoms with Crippen LogP contribution >= 0.6 is 0 Å². The van der Waals surface area contributed by atoms with Crippen LogP contribution in [-0.4, -0.2) is 42.4 Å². The second kappa shape index (κ2) is 6.51. The maximum Gasteiger partial charge on any atom is 0.376 e. The predicted octanol–water partition coefficient (Wildman–Crippen LogP) is 0.704. The third-order valence-corrected chi connectivity index (χ3v) is 3.62. The summed E-state index contributed by atoms with van der Waals surface area (Å²) in [5, 5.41) is 16.0. The molecule has 2 atom stereocenters. The maximum atomic E-state index is 11.3. The first kappa shape index (κ1) is 14.5. The largest absolute Gasteiger partial charge is 0.481 e. The van der Waals surface area contributed by atoms with Gasteiger partial charge >= 0.3 is 11.9 Å². The lowest BCUT2D eigenvalue weighted by atomic mass is 9.81. The highest BCUT2D eigenvalue weighted by atomic mass is 16.5. The molecule has 0 amide bonds. The minimum absolute atomic E-state index is 0.0704. The molecule has 0 aromatic carbocycles. The molecule has 2 heterocycles. The number of methoxy groups -OCH3 is 1. The lowest BCUT2D eigenvalue weighted by molar-refractivity contribution is -0.138. The summed E-state index contributed by atoms with van der Waals surface area (Å²) in [7, 11) is 1.28. The zero-order valence-electron chi connectivity index (χ0n) is 11.3. The first-order chi connectivity index (χ1) is 9.60. The van der Waals surface area contributed by atoms with Crippen LogP contribution in [0.25, 0.3) is 0 Å². The Hall–Kier alpha value is -1.89. The molecule has 1 saturated heterocycles. The van der Waals surface area contributed by atoms with Crippen molar-refractivity contribution in [2.75, 3.05) is 20.2 Å². The molecule has 1 aliphatic rings. The number of carboxylic acid groups (broad SMARTS) is 1. The van der Waals surface area contributed by atoms with E-state index in [4.69, 9.17) is 9.63 Å². The molecule has 1 aromatic rings. The number of aromatic nitrogens is 1. The number of ether oxygens (including phenoxy) is 1. The van der Waals surface area contributed by atoms with Crippen LogP contribution in [0.5, 0.6) is 0 Å². The molecule has 0 unspecified atom stereocenters. The second-order valence-corrected chi connectivity index (χ2v) is 4.99. The van der Waals surface area contributed by atoms with Crippen LogP contribution in [-0.2, 0) is 16.0 Å². The summed E-state index contributed by atoms with van der Waals surface area (Å²) in [5.74, 6) is -0.978. The van der Waals surface area contributed by atoms with Gasteiger partial charge in [0.2, 0.25) is 5.76 Å². The highest BCUT2D eigenvalue weighted by Crippen LogP contribution is 2.26. The van der Waals surface area contributed by atoms with E-state index in [1.165, 1.54) is 7.11 Å². The summed E-state index contributed by atoms with van der Waals surface area (Å²) in [5.41, 5.74) is 0.648. The number of esters is 1. The van der Waals surface area contributed by atoms with Crippen molar-refractivity contribution < 1.29 is 24.0 Å². The fourth-order valence-electron chi connectivity index (χ4n) is 2.58. The minimum Gasteiger partial charge on any atom is -0.481 e. The van der Waals surface area contributed by atoms with Gasteiger partial charge in [0, 0.05) is 12.5 Å². The fourth-order valence-corrected chi connectivity index (χ4v) is 2.58. The van der Waals surface area contributed by atoms with Crippen LogP contribution in [0.3, 0.4) is 0 Å². The average molecular weight is 282 g/mol. The number of hydrogen-bond acceptors (Lipinski definition) is 6. The quantitative estimate of drug-likeness (QED) is 0.766. The van der Waals surface area contributed by atoms with Crippen molar-refractivity contribution in [3.63, 3.8) is 0 Å². The number of nitrogens with one attached hydrogen (secondary N) is 1. The van der Waals surface area contributed by atoms with Gasteiger partial charge in [-0.05, 0) is 37.8 Å². The van der Waals surface area contributed by atoms with Crippen molar-refractivity contribution in [2.45, 2.75) is 19.3 Å². The maximum absolute atomic E-state index is 11.3. The molecule has 0 saturated carbocycles. The van der Waals surface area contributed by atoms with E-state index in [-0.39, 0.29) is 24.0 Å². The SMILES string of the molecule is COC(=O)c1cc(C[C@@H]2CNCC[C@H]2CC(=O)O)no1. The molecule has 1 aliphatic heterocycles. The molecule has 0 aliphatic carbocycles. The number of aliphatic carboxylic acids is 1. The Labute approximate surface area is 116 Å². The summed E-state index contributed by atoms with van der Waals surface area (Å²) in [6.07, 6.45) is 1.58. The molecule has 0 bridgehead atoms. The van der Waals surface area contributed by atoms with Crippen LogP contribution < -0.4 is 5.32 Å². The summed E-state index contributed by atoms with van der Waals surface area (Å²) < 4.78 is 9.46. The average Bonchev–Trinajstić information content (AvgIpc) is 2.88. The highest BCUT2D eigenvalue weighted by Gasteiger charge is 2.28. The standard InChI is InChI=1S/C13H18N2O5/c1-19-13(18)11-6-10(15-20-11)4-9-7-14-3-2-8(9)5-12(16)17/h6,8-9,14H,2-5,7H2,1H3,(H,16,17)/t8-,9+/m0/s1. The van der Waals surface area contributed by atoms with E-state index in [1.54, 1.807) is 6.07 Å². The highest BCUT2D eigenvalue weighted by molar-refractivity contribution is 5.86. The third kappa shape index (κ3) is 3.57. The zero-order valence-corrected chi connectivity index (χ0v) is 11.3. The van der Waals surface area contributed by atoms with Crippen molar-refractivity contribution >= 4 is 11.9 Å². The molecule has 2 N–H and O–H groups in total. The van der Waals surface area contributed by atoms with Crippen molar-refractivity contribution in [1.29, 1.82) is 0 Å². The van der Waals surface area contributed by atoms with Crippen LogP contribution in [0.1, 0.15) is 29.1 Å². The van der Waals surface area contributed by atoms with E-state index in [2.05, 4.69) is 15.2 Å². The Morgan fingerprint density at radius 3 is 3.05 bits per heavy atom. The van der Waals surface area contributed by atoms with Gasteiger partial charge in [-0.1, -0.05) is 5.16 Å². The molecular weight excluding hydrogens is 264 g/mol. The topological polar surface area (TPSA) is 102 Å². The molecule has 1 fully saturated rings. The number of rotatable bonds is 5. The lowest BCUT2D eigenvalue weighted by Gasteiger charge is -2.30. The van der Waals surface area contributed by atoms with Crippen molar-refractivity contribution in [3.05, 3.63) is 17.5 Å². The normalized spacial score (nSPS) is 22.4. The smallest absolute Gasteiger partial charge is 0.376 e. The second-order valence-electron chi connectivity index (χ2n) is 4.99. The van der Waals surface area contributed by atoms with Gasteiger partial charge in [-0.15, -0.1) is 0 Å². The number of carboxylic acids is 1. The van der Waals surface area contributed by atoms with Gasteiger partial charge < -0.3 is 19.7 Å². The van der Waals surface area contributed by atoms with Crippen molar-refractivity contribution in [3.8, 4) is 0 Å². The Balaban J connectivity index is 2.01. The molecule has 20 heavy (non-hydrogen) atoms. The van der Waals surface area contributed by atoms with E-state index < -0.39 is 11.9 Å². The van der Waals surface area contributed by atoms with Crippen molar-refractivity contribution in [1.82, 2.24) is 10.5 Å². The molecule has 7 nitrogen and oxygen atoms in total. The third-order valence-electron chi connectivity index (χ3n) is 3.62. The molecule has 7 heteroatoms. The number of hydrogen-bond donors (Lipinski definition) is 2. The van der Waals surface area contributed by atoms with Crippen molar-refractivity contribution in [2.24, 2.45) is 11.8 Å². The molecule has 0 spiro atoms. The van der Waals surface area contributed by atoms with Gasteiger partial charge in [-0.3, -0.25) is 4.79 Å². The fraction of sp³-hybridized carbons (Fsp3) is 0.615. The van der Waals surface area contributed by atoms with E-state index in [1.807, 2.05) is 0 Å². The summed E-state index contributed by atoms with van der Waals surface area (Å²) in [6.45, 7) is 1.58. The number of carbonyl (C=O) groups is 2. The van der Waals surface area contributed by atoms with Gasteiger partial charge in [0.1, 0.15) is 0 Å². The van der Waals surface area contributed by atoms with E-state index in [0.717, 1.165) is 19.5 Å². The number of nitrogens with zero attached hydrogens (tertiary/aromatic N) is 1. The molecule has 0 radical (unpaired) electrons. The van der Waals surface area contributed by atoms with Gasteiger partial charge in [0.05, 0.1) is 12.8 Å². The minimum atomic E-state index is -0.780. The Morgan fingerprint density at radius 2 is 2.35 bits per heavy atom. The van der Waals surface area contributed by atoms with Crippen LogP contribution in [0.4, 0.5) is 0 Å². The van der Waals surface area contributed by atoms with Gasteiger partial charge in [-0.2, -0.15) is 0 Å². The van der Waals surface area contributed by atoms with E-state index >= 15 is 0 Å². The molecule has 2 rings (SSSR count). The summed E-state index contributed by atoms with van der Waals surface area (Å²) in [6, 6.07) is 1.55. The first-order valence-electron chi connectivity index (χ1n) is 6.56. The number of piperidine rings is 1. The number of carbonyl (C=O) groups excluding carboxylic acids is 1. The van der Waals surface area contributed by atoms with E-state index in [0.29, 0.717) is 12.1 Å². The van der Waals surface area contributed by atoms with E-state index in [9.17, 15) is 9.59 Å². The first-order valence-corrected chi connectivity index (χ1v) is 6.56. The van der Waals surface area contributed by atoms with Gasteiger partial charge in [0.25, 0.3) is 0 Å². The van der Waals surface area contributed by atoms with Crippen LogP contribution in [0.2, 0.25) is 0 Å². The molecule has 1 aromatic heterocycles. The predicted molar refractivity (Wildman–Crippen MR) is 68.3 cm³/mol. The van der Waals surface area contributed by atoms with Crippen LogP contribution in [0, 0.1) is 11.8 Å². The zero-order chi connectivity index (χ0) is 14.5. The molecular formula is C13H18N2O5. The monoisotopic (exact) mass is 282 g/mol. The Morgan fingerprint density at radius 1 is 1.55 bits per heavy atom. The molecule has 110 valence electrons. The summed E-state index contributed by atoms with van der Waals surface area (Å²) >= 11 is 0. The van der Waals surface area contributed by atoms with Gasteiger partial charge in [0.15, 0.2) is 0 Å². The summed E-state index contributed by atoms with van der Waals surface area (Å²) in [4.78, 5) is 22.2.